The maximum atomic E-state index is 13.8. The molecule has 0 atom stereocenters. The van der Waals surface area contributed by atoms with Gasteiger partial charge in [0.25, 0.3) is 5.91 Å². The van der Waals surface area contributed by atoms with Crippen LogP contribution < -0.4 is 5.32 Å². The SMILES string of the molecule is Cc1nc(-c2ccc(F)cc2)c(-c2ccc3nc(NC(=O)c4ccncc4F)cn3n2)n1C. The Hall–Kier alpha value is -4.47. The topological polar surface area (TPSA) is 90.0 Å². The Morgan fingerprint density at radius 1 is 1.03 bits per heavy atom. The molecule has 0 aliphatic heterocycles. The van der Waals surface area contributed by atoms with E-state index in [2.05, 4.69) is 25.4 Å². The molecule has 1 aromatic carbocycles. The highest BCUT2D eigenvalue weighted by Gasteiger charge is 2.19. The number of halogens is 2. The molecule has 0 unspecified atom stereocenters. The minimum absolute atomic E-state index is 0.134. The van der Waals surface area contributed by atoms with Crippen molar-refractivity contribution < 1.29 is 13.6 Å². The highest BCUT2D eigenvalue weighted by Crippen LogP contribution is 2.31. The van der Waals surface area contributed by atoms with Crippen LogP contribution in [0.1, 0.15) is 16.2 Å². The Labute approximate surface area is 186 Å². The number of hydrogen-bond donors (Lipinski definition) is 1. The van der Waals surface area contributed by atoms with Crippen LogP contribution in [0.2, 0.25) is 0 Å². The van der Waals surface area contributed by atoms with Gasteiger partial charge in [-0.15, -0.1) is 0 Å². The molecule has 1 N–H and O–H groups in total. The molecule has 8 nitrogen and oxygen atoms in total. The second kappa shape index (κ2) is 7.90. The largest absolute Gasteiger partial charge is 0.330 e. The van der Waals surface area contributed by atoms with Crippen LogP contribution in [0.5, 0.6) is 0 Å². The number of benzene rings is 1. The summed E-state index contributed by atoms with van der Waals surface area (Å²) in [6.45, 7) is 1.87. The van der Waals surface area contributed by atoms with Gasteiger partial charge in [0.15, 0.2) is 17.3 Å². The number of pyridine rings is 1. The number of rotatable bonds is 4. The summed E-state index contributed by atoms with van der Waals surface area (Å²) in [4.78, 5) is 25.0. The van der Waals surface area contributed by atoms with Gasteiger partial charge in [-0.25, -0.2) is 23.3 Å². The maximum absolute atomic E-state index is 13.8. The summed E-state index contributed by atoms with van der Waals surface area (Å²) in [5.74, 6) is -0.699. The lowest BCUT2D eigenvalue weighted by Crippen LogP contribution is -2.14. The van der Waals surface area contributed by atoms with Crippen molar-refractivity contribution in [1.29, 1.82) is 0 Å². The quantitative estimate of drug-likeness (QED) is 0.451. The fourth-order valence-electron chi connectivity index (χ4n) is 3.52. The summed E-state index contributed by atoms with van der Waals surface area (Å²) in [6, 6.07) is 10.9. The van der Waals surface area contributed by atoms with Crippen LogP contribution in [0.25, 0.3) is 28.3 Å². The molecule has 5 aromatic rings. The standard InChI is InChI=1S/C23H17F2N7O/c1-13-27-21(14-3-5-15(24)6-4-14)22(31(13)2)18-7-8-20-28-19(12-32(20)30-18)29-23(33)16-9-10-26-11-17(16)25/h3-12H,1-2H3,(H,29,33). The van der Waals surface area contributed by atoms with E-state index in [1.54, 1.807) is 24.3 Å². The smallest absolute Gasteiger partial charge is 0.259 e. The van der Waals surface area contributed by atoms with Crippen LogP contribution in [-0.2, 0) is 7.05 Å². The Morgan fingerprint density at radius 2 is 1.82 bits per heavy atom. The van der Waals surface area contributed by atoms with Gasteiger partial charge in [0.2, 0.25) is 0 Å². The molecule has 0 saturated heterocycles. The third-order valence-corrected chi connectivity index (χ3v) is 5.26. The minimum Gasteiger partial charge on any atom is -0.330 e. The first-order chi connectivity index (χ1) is 15.9. The number of imidazole rings is 2. The number of anilines is 1. The van der Waals surface area contributed by atoms with Crippen molar-refractivity contribution in [3.8, 4) is 22.6 Å². The van der Waals surface area contributed by atoms with E-state index in [-0.39, 0.29) is 17.2 Å². The molecule has 4 aromatic heterocycles. The predicted octanol–water partition coefficient (Wildman–Crippen LogP) is 4.03. The third kappa shape index (κ3) is 3.71. The van der Waals surface area contributed by atoms with Gasteiger partial charge >= 0.3 is 0 Å². The summed E-state index contributed by atoms with van der Waals surface area (Å²) >= 11 is 0. The van der Waals surface area contributed by atoms with Gasteiger partial charge < -0.3 is 9.88 Å². The van der Waals surface area contributed by atoms with Gasteiger partial charge in [-0.05, 0) is 49.4 Å². The molecule has 0 spiro atoms. The summed E-state index contributed by atoms with van der Waals surface area (Å²) in [5, 5.41) is 7.20. The van der Waals surface area contributed by atoms with Crippen molar-refractivity contribution in [3.05, 3.63) is 84.1 Å². The molecule has 5 rings (SSSR count). The Morgan fingerprint density at radius 3 is 2.58 bits per heavy atom. The molecule has 0 fully saturated rings. The van der Waals surface area contributed by atoms with E-state index in [0.29, 0.717) is 17.0 Å². The van der Waals surface area contributed by atoms with E-state index >= 15 is 0 Å². The average molecular weight is 445 g/mol. The number of fused-ring (bicyclic) bond motifs is 1. The molecule has 0 radical (unpaired) electrons. The van der Waals surface area contributed by atoms with E-state index in [9.17, 15) is 13.6 Å². The van der Waals surface area contributed by atoms with Crippen LogP contribution >= 0.6 is 0 Å². The maximum Gasteiger partial charge on any atom is 0.259 e. The number of carbonyl (C=O) groups excluding carboxylic acids is 1. The number of amides is 1. The summed E-state index contributed by atoms with van der Waals surface area (Å²) in [5.41, 5.74) is 3.15. The third-order valence-electron chi connectivity index (χ3n) is 5.26. The van der Waals surface area contributed by atoms with Crippen LogP contribution in [0, 0.1) is 18.6 Å². The summed E-state index contributed by atoms with van der Waals surface area (Å²) in [7, 11) is 1.87. The fraction of sp³-hybridized carbons (Fsp3) is 0.0870. The Kier molecular flexibility index (Phi) is 4.89. The van der Waals surface area contributed by atoms with E-state index in [1.807, 2.05) is 18.5 Å². The van der Waals surface area contributed by atoms with Crippen molar-refractivity contribution in [2.24, 2.45) is 7.05 Å². The van der Waals surface area contributed by atoms with E-state index in [0.717, 1.165) is 23.3 Å². The highest BCUT2D eigenvalue weighted by molar-refractivity contribution is 6.03. The van der Waals surface area contributed by atoms with E-state index in [4.69, 9.17) is 0 Å². The molecule has 0 bridgehead atoms. The number of nitrogens with zero attached hydrogens (tertiary/aromatic N) is 6. The molecule has 0 saturated carbocycles. The highest BCUT2D eigenvalue weighted by atomic mass is 19.1. The van der Waals surface area contributed by atoms with Crippen LogP contribution in [0.3, 0.4) is 0 Å². The minimum atomic E-state index is -0.723. The molecule has 0 aliphatic rings. The molecule has 4 heterocycles. The van der Waals surface area contributed by atoms with Crippen molar-refractivity contribution in [3.63, 3.8) is 0 Å². The first-order valence-corrected chi connectivity index (χ1v) is 9.97. The zero-order valence-corrected chi connectivity index (χ0v) is 17.6. The average Bonchev–Trinajstić information content (AvgIpc) is 3.33. The van der Waals surface area contributed by atoms with Crippen LogP contribution in [0.4, 0.5) is 14.6 Å². The number of carbonyl (C=O) groups is 1. The Bertz CT molecular complexity index is 1510. The van der Waals surface area contributed by atoms with Gasteiger partial charge in [0.1, 0.15) is 17.3 Å². The summed E-state index contributed by atoms with van der Waals surface area (Å²) < 4.78 is 30.7. The number of nitrogens with one attached hydrogen (secondary N) is 1. The zero-order valence-electron chi connectivity index (χ0n) is 17.6. The number of aromatic nitrogens is 6. The van der Waals surface area contributed by atoms with Crippen molar-refractivity contribution >= 4 is 17.4 Å². The first kappa shape index (κ1) is 20.4. The lowest BCUT2D eigenvalue weighted by atomic mass is 10.1. The molecule has 33 heavy (non-hydrogen) atoms. The molecule has 164 valence electrons. The summed E-state index contributed by atoms with van der Waals surface area (Å²) in [6.07, 6.45) is 3.85. The van der Waals surface area contributed by atoms with Gasteiger partial charge in [0, 0.05) is 18.8 Å². The molecule has 10 heteroatoms. The fourth-order valence-corrected chi connectivity index (χ4v) is 3.52. The monoisotopic (exact) mass is 445 g/mol. The van der Waals surface area contributed by atoms with Crippen molar-refractivity contribution in [2.45, 2.75) is 6.92 Å². The van der Waals surface area contributed by atoms with E-state index in [1.165, 1.54) is 35.1 Å². The Balaban J connectivity index is 1.52. The molecule has 0 aliphatic carbocycles. The first-order valence-electron chi connectivity index (χ1n) is 9.97. The second-order valence-electron chi connectivity index (χ2n) is 7.38. The van der Waals surface area contributed by atoms with Gasteiger partial charge in [-0.2, -0.15) is 5.10 Å². The van der Waals surface area contributed by atoms with Gasteiger partial charge in [0.05, 0.1) is 29.3 Å². The number of aryl methyl sites for hydroxylation is 1. The molecular formula is C23H17F2N7O. The second-order valence-corrected chi connectivity index (χ2v) is 7.38. The number of hydrogen-bond acceptors (Lipinski definition) is 5. The van der Waals surface area contributed by atoms with Crippen LogP contribution in [-0.4, -0.2) is 35.0 Å². The molecular weight excluding hydrogens is 428 g/mol. The predicted molar refractivity (Wildman–Crippen MR) is 117 cm³/mol. The van der Waals surface area contributed by atoms with Crippen molar-refractivity contribution in [1.82, 2.24) is 29.1 Å². The normalized spacial score (nSPS) is 11.2. The van der Waals surface area contributed by atoms with Crippen molar-refractivity contribution in [2.75, 3.05) is 5.32 Å². The van der Waals surface area contributed by atoms with Crippen LogP contribution in [0.15, 0.2) is 61.1 Å². The lowest BCUT2D eigenvalue weighted by molar-refractivity contribution is 0.102. The van der Waals surface area contributed by atoms with E-state index < -0.39 is 11.7 Å². The zero-order chi connectivity index (χ0) is 23.1. The lowest BCUT2D eigenvalue weighted by Gasteiger charge is -2.07. The molecule has 1 amide bonds. The van der Waals surface area contributed by atoms with Gasteiger partial charge in [-0.3, -0.25) is 9.78 Å². The van der Waals surface area contributed by atoms with Gasteiger partial charge in [-0.1, -0.05) is 0 Å².